The van der Waals surface area contributed by atoms with Crippen molar-refractivity contribution in [1.29, 1.82) is 0 Å². The van der Waals surface area contributed by atoms with Crippen molar-refractivity contribution in [3.8, 4) is 0 Å². The molecule has 0 bridgehead atoms. The van der Waals surface area contributed by atoms with E-state index in [0.29, 0.717) is 55.0 Å². The number of carbonyl (C=O) groups excluding carboxylic acids is 2. The van der Waals surface area contributed by atoms with Crippen molar-refractivity contribution in [1.82, 2.24) is 14.7 Å². The number of rotatable bonds is 5. The minimum Gasteiger partial charge on any atom is -0.481 e. The number of likely N-dealkylation sites (tertiary alicyclic amines) is 1. The molecule has 7 rings (SSSR count). The molecule has 3 aliphatic carbocycles. The number of aliphatic carboxylic acids is 1. The smallest absolute Gasteiger partial charge is 0.306 e. The van der Waals surface area contributed by atoms with Crippen LogP contribution in [0.2, 0.25) is 5.02 Å². The molecule has 2 atom stereocenters. The van der Waals surface area contributed by atoms with E-state index in [1.54, 1.807) is 6.07 Å². The van der Waals surface area contributed by atoms with Gasteiger partial charge in [0.1, 0.15) is 0 Å². The highest BCUT2D eigenvalue weighted by Crippen LogP contribution is 2.44. The number of halogens is 1. The second kappa shape index (κ2) is 9.30. The first kappa shape index (κ1) is 25.0. The van der Waals surface area contributed by atoms with Crippen molar-refractivity contribution in [3.05, 3.63) is 57.4 Å². The number of hydrogen-bond donors (Lipinski definition) is 1. The summed E-state index contributed by atoms with van der Waals surface area (Å²) in [6, 6.07) is 5.63. The molecule has 2 aromatic rings. The summed E-state index contributed by atoms with van der Waals surface area (Å²) >= 11 is 6.62. The van der Waals surface area contributed by atoms with Crippen molar-refractivity contribution in [2.24, 2.45) is 17.3 Å². The summed E-state index contributed by atoms with van der Waals surface area (Å²) in [5, 5.41) is 14.8. The minimum absolute atomic E-state index is 0.150. The van der Waals surface area contributed by atoms with Crippen molar-refractivity contribution in [2.45, 2.75) is 57.3 Å². The predicted octanol–water partition coefficient (Wildman–Crippen LogP) is 4.33. The van der Waals surface area contributed by atoms with Gasteiger partial charge in [-0.3, -0.25) is 14.4 Å². The number of allylic oxidation sites excluding steroid dienone is 2. The Morgan fingerprint density at radius 1 is 1.05 bits per heavy atom. The van der Waals surface area contributed by atoms with Crippen LogP contribution in [-0.4, -0.2) is 63.9 Å². The van der Waals surface area contributed by atoms with Crippen LogP contribution in [0.3, 0.4) is 0 Å². The molecule has 204 valence electrons. The summed E-state index contributed by atoms with van der Waals surface area (Å²) in [7, 11) is 0. The molecule has 1 aromatic heterocycles. The Morgan fingerprint density at radius 3 is 2.46 bits per heavy atom. The first-order valence-electron chi connectivity index (χ1n) is 14.1. The molecule has 2 saturated heterocycles. The van der Waals surface area contributed by atoms with Crippen LogP contribution in [0.4, 0.5) is 0 Å². The number of carboxylic acids is 1. The number of aromatic nitrogens is 2. The van der Waals surface area contributed by atoms with Gasteiger partial charge in [-0.25, -0.2) is 0 Å². The molecule has 1 saturated carbocycles. The Morgan fingerprint density at radius 2 is 1.82 bits per heavy atom. The fraction of sp³-hybridized carbons (Fsp3) is 0.533. The van der Waals surface area contributed by atoms with E-state index in [0.717, 1.165) is 67.2 Å². The number of ether oxygens (including phenoxy) is 1. The Balaban J connectivity index is 1.24. The van der Waals surface area contributed by atoms with E-state index in [1.807, 2.05) is 23.1 Å². The number of benzene rings is 1. The maximum atomic E-state index is 14.1. The zero-order valence-corrected chi connectivity index (χ0v) is 22.6. The number of nitrogens with zero attached hydrogens (tertiary/aromatic N) is 3. The van der Waals surface area contributed by atoms with E-state index in [9.17, 15) is 19.5 Å². The molecule has 1 amide bonds. The molecule has 2 unspecified atom stereocenters. The van der Waals surface area contributed by atoms with Gasteiger partial charge in [-0.15, -0.1) is 0 Å². The molecule has 8 nitrogen and oxygen atoms in total. The highest BCUT2D eigenvalue weighted by Gasteiger charge is 2.51. The normalized spacial score (nSPS) is 25.4. The van der Waals surface area contributed by atoms with E-state index in [1.165, 1.54) is 4.68 Å². The number of fused-ring (bicyclic) bond motifs is 1. The highest BCUT2D eigenvalue weighted by molar-refractivity contribution is 6.34. The van der Waals surface area contributed by atoms with Crippen molar-refractivity contribution >= 4 is 35.0 Å². The van der Waals surface area contributed by atoms with Gasteiger partial charge in [0, 0.05) is 31.0 Å². The van der Waals surface area contributed by atoms with E-state index >= 15 is 0 Å². The molecule has 3 heterocycles. The van der Waals surface area contributed by atoms with Gasteiger partial charge in [0.05, 0.1) is 46.5 Å². The lowest BCUT2D eigenvalue weighted by Gasteiger charge is -2.55. The molecule has 0 radical (unpaired) electrons. The predicted molar refractivity (Wildman–Crippen MR) is 144 cm³/mol. The maximum absolute atomic E-state index is 14.1. The quantitative estimate of drug-likeness (QED) is 0.595. The first-order chi connectivity index (χ1) is 18.8. The van der Waals surface area contributed by atoms with Gasteiger partial charge in [0.25, 0.3) is 5.91 Å². The van der Waals surface area contributed by atoms with Crippen LogP contribution in [-0.2, 0) is 27.2 Å². The Labute approximate surface area is 231 Å². The maximum Gasteiger partial charge on any atom is 0.306 e. The van der Waals surface area contributed by atoms with Gasteiger partial charge < -0.3 is 14.7 Å². The molecule has 5 aliphatic rings. The minimum atomic E-state index is -0.776. The summed E-state index contributed by atoms with van der Waals surface area (Å²) in [5.41, 5.74) is 5.22. The lowest BCUT2D eigenvalue weighted by Crippen LogP contribution is -2.68. The third kappa shape index (κ3) is 4.23. The SMILES string of the molecule is O=C(O)C1CC=C(c2nn(C(=O)c3c(Cl)cccc3C3CC3)c3c2CCC(C(=O)N2CC4(COC4)C2)C3)CC1. The fourth-order valence-electron chi connectivity index (χ4n) is 6.88. The van der Waals surface area contributed by atoms with E-state index in [-0.39, 0.29) is 29.1 Å². The van der Waals surface area contributed by atoms with Crippen LogP contribution >= 0.6 is 11.6 Å². The number of amides is 1. The van der Waals surface area contributed by atoms with Crippen molar-refractivity contribution < 1.29 is 24.2 Å². The summed E-state index contributed by atoms with van der Waals surface area (Å²) in [6.45, 7) is 2.96. The van der Waals surface area contributed by atoms with Crippen LogP contribution in [0, 0.1) is 17.3 Å². The van der Waals surface area contributed by atoms with Crippen molar-refractivity contribution in [2.75, 3.05) is 26.3 Å². The third-order valence-corrected chi connectivity index (χ3v) is 9.65. The number of carboxylic acid groups (broad SMARTS) is 1. The molecule has 39 heavy (non-hydrogen) atoms. The summed E-state index contributed by atoms with van der Waals surface area (Å²) in [4.78, 5) is 41.1. The first-order valence-corrected chi connectivity index (χ1v) is 14.4. The standard InChI is InChI=1S/C30H32ClN3O5/c31-23-3-1-2-21(17-4-5-17)25(23)28(36)34-24-12-20(27(35)33-13-30(14-33)15-39-16-30)10-11-22(24)26(32-34)18-6-8-19(9-7-18)29(37)38/h1-3,6,17,19-20H,4-5,7-16H2,(H,37,38). The Hall–Kier alpha value is -2.97. The van der Waals surface area contributed by atoms with Gasteiger partial charge in [-0.05, 0) is 68.1 Å². The van der Waals surface area contributed by atoms with Crippen molar-refractivity contribution in [3.63, 3.8) is 0 Å². The summed E-state index contributed by atoms with van der Waals surface area (Å²) in [5.74, 6) is -1.11. The molecule has 1 N–H and O–H groups in total. The van der Waals surface area contributed by atoms with Crippen LogP contribution in [0.15, 0.2) is 24.3 Å². The molecule has 1 spiro atoms. The topological polar surface area (TPSA) is 102 Å². The van der Waals surface area contributed by atoms with Crippen LogP contribution in [0.1, 0.15) is 77.3 Å². The molecule has 2 aliphatic heterocycles. The van der Waals surface area contributed by atoms with E-state index < -0.39 is 5.97 Å². The van der Waals surface area contributed by atoms with Gasteiger partial charge in [-0.1, -0.05) is 29.8 Å². The van der Waals surface area contributed by atoms with E-state index in [2.05, 4.69) is 0 Å². The summed E-state index contributed by atoms with van der Waals surface area (Å²) in [6.07, 6.45) is 7.50. The number of carbonyl (C=O) groups is 3. The average molecular weight is 550 g/mol. The van der Waals surface area contributed by atoms with Crippen LogP contribution < -0.4 is 0 Å². The largest absolute Gasteiger partial charge is 0.481 e. The van der Waals surface area contributed by atoms with Gasteiger partial charge >= 0.3 is 5.97 Å². The van der Waals surface area contributed by atoms with Gasteiger partial charge in [0.15, 0.2) is 0 Å². The lowest BCUT2D eigenvalue weighted by atomic mass is 9.76. The Kier molecular flexibility index (Phi) is 5.97. The lowest BCUT2D eigenvalue weighted by molar-refractivity contribution is -0.197. The zero-order chi connectivity index (χ0) is 26.9. The molecule has 3 fully saturated rings. The molecule has 9 heteroatoms. The Bertz CT molecular complexity index is 1410. The third-order valence-electron chi connectivity index (χ3n) is 9.34. The average Bonchev–Trinajstić information content (AvgIpc) is 3.66. The van der Waals surface area contributed by atoms with Crippen LogP contribution in [0.5, 0.6) is 0 Å². The fourth-order valence-corrected chi connectivity index (χ4v) is 7.14. The number of hydrogen-bond acceptors (Lipinski definition) is 5. The second-order valence-corrected chi connectivity index (χ2v) is 12.5. The van der Waals surface area contributed by atoms with E-state index in [4.69, 9.17) is 21.4 Å². The monoisotopic (exact) mass is 549 g/mol. The molecular weight excluding hydrogens is 518 g/mol. The molecule has 1 aromatic carbocycles. The molecular formula is C30H32ClN3O5. The second-order valence-electron chi connectivity index (χ2n) is 12.1. The zero-order valence-electron chi connectivity index (χ0n) is 21.8. The highest BCUT2D eigenvalue weighted by atomic mass is 35.5. The summed E-state index contributed by atoms with van der Waals surface area (Å²) < 4.78 is 6.88. The van der Waals surface area contributed by atoms with Gasteiger partial charge in [0.2, 0.25) is 5.91 Å². The van der Waals surface area contributed by atoms with Crippen LogP contribution in [0.25, 0.3) is 5.57 Å². The van der Waals surface area contributed by atoms with Gasteiger partial charge in [-0.2, -0.15) is 9.78 Å².